The van der Waals surface area contributed by atoms with Gasteiger partial charge in [0.2, 0.25) is 5.91 Å². The van der Waals surface area contributed by atoms with Gasteiger partial charge in [-0.05, 0) is 43.9 Å². The molecular formula is C18H21N5O. The molecule has 6 nitrogen and oxygen atoms in total. The summed E-state index contributed by atoms with van der Waals surface area (Å²) in [5.74, 6) is 0.536. The Labute approximate surface area is 140 Å². The lowest BCUT2D eigenvalue weighted by molar-refractivity contribution is 0.100. The molecule has 1 atom stereocenters. The van der Waals surface area contributed by atoms with Crippen molar-refractivity contribution in [1.29, 1.82) is 0 Å². The molecular weight excluding hydrogens is 302 g/mol. The van der Waals surface area contributed by atoms with Crippen LogP contribution in [-0.2, 0) is 0 Å². The number of benzene rings is 1. The van der Waals surface area contributed by atoms with E-state index in [0.717, 1.165) is 40.7 Å². The molecule has 124 valence electrons. The molecule has 1 fully saturated rings. The molecule has 0 aliphatic carbocycles. The minimum absolute atomic E-state index is 0.422. The van der Waals surface area contributed by atoms with Gasteiger partial charge in [-0.1, -0.05) is 6.92 Å². The van der Waals surface area contributed by atoms with Crippen LogP contribution in [0.5, 0.6) is 0 Å². The molecule has 1 aliphatic rings. The van der Waals surface area contributed by atoms with Crippen LogP contribution in [0.1, 0.15) is 43.0 Å². The first-order chi connectivity index (χ1) is 11.7. The summed E-state index contributed by atoms with van der Waals surface area (Å²) in [6, 6.07) is 5.96. The molecule has 1 aromatic carbocycles. The molecule has 0 saturated carbocycles. The van der Waals surface area contributed by atoms with E-state index in [4.69, 9.17) is 5.73 Å². The van der Waals surface area contributed by atoms with Crippen molar-refractivity contribution in [1.82, 2.24) is 15.0 Å². The molecule has 3 aromatic rings. The van der Waals surface area contributed by atoms with Gasteiger partial charge in [0.1, 0.15) is 17.8 Å². The number of amides is 1. The van der Waals surface area contributed by atoms with E-state index in [0.29, 0.717) is 11.6 Å². The van der Waals surface area contributed by atoms with Gasteiger partial charge >= 0.3 is 0 Å². The van der Waals surface area contributed by atoms with Crippen molar-refractivity contribution >= 4 is 33.7 Å². The molecule has 1 amide bonds. The summed E-state index contributed by atoms with van der Waals surface area (Å²) in [6.45, 7) is 3.23. The minimum atomic E-state index is -0.422. The number of anilines is 1. The van der Waals surface area contributed by atoms with Crippen LogP contribution < -0.4 is 10.6 Å². The number of aromatic amines is 1. The predicted octanol–water partition coefficient (Wildman–Crippen LogP) is 2.98. The fourth-order valence-corrected chi connectivity index (χ4v) is 3.78. The third-order valence-electron chi connectivity index (χ3n) is 5.02. The number of fused-ring (bicyclic) bond motifs is 3. The SMILES string of the molecule is CCC1CCCCN1c1ncnc2[nH]c3ccc(C(N)=O)cc3c12. The Morgan fingerprint density at radius 1 is 1.38 bits per heavy atom. The Balaban J connectivity index is 1.96. The highest BCUT2D eigenvalue weighted by Gasteiger charge is 2.25. The number of hydrogen-bond acceptors (Lipinski definition) is 4. The normalized spacial score (nSPS) is 18.4. The number of carbonyl (C=O) groups is 1. The second kappa shape index (κ2) is 5.78. The highest BCUT2D eigenvalue weighted by molar-refractivity contribution is 6.13. The van der Waals surface area contributed by atoms with Crippen LogP contribution in [0.3, 0.4) is 0 Å². The summed E-state index contributed by atoms with van der Waals surface area (Å²) in [4.78, 5) is 26.3. The van der Waals surface area contributed by atoms with Gasteiger partial charge in [0.05, 0.1) is 5.39 Å². The maximum Gasteiger partial charge on any atom is 0.248 e. The summed E-state index contributed by atoms with van der Waals surface area (Å²) >= 11 is 0. The standard InChI is InChI=1S/C18H21N5O/c1-2-12-5-3-4-8-23(12)18-15-13-9-11(16(19)24)6-7-14(13)22-17(15)20-10-21-18/h6-7,9-10,12H,2-5,8H2,1H3,(H2,19,24)(H,20,21,22). The zero-order chi connectivity index (χ0) is 16.7. The highest BCUT2D eigenvalue weighted by Crippen LogP contribution is 2.35. The van der Waals surface area contributed by atoms with Gasteiger partial charge < -0.3 is 15.6 Å². The number of nitrogens with two attached hydrogens (primary N) is 1. The van der Waals surface area contributed by atoms with Crippen LogP contribution >= 0.6 is 0 Å². The molecule has 3 heterocycles. The number of primary amides is 1. The van der Waals surface area contributed by atoms with Crippen LogP contribution in [0.15, 0.2) is 24.5 Å². The lowest BCUT2D eigenvalue weighted by Crippen LogP contribution is -2.39. The number of hydrogen-bond donors (Lipinski definition) is 2. The smallest absolute Gasteiger partial charge is 0.248 e. The Morgan fingerprint density at radius 3 is 3.04 bits per heavy atom. The van der Waals surface area contributed by atoms with E-state index >= 15 is 0 Å². The Bertz CT molecular complexity index is 916. The summed E-state index contributed by atoms with van der Waals surface area (Å²) in [6.07, 6.45) is 6.35. The van der Waals surface area contributed by atoms with E-state index in [-0.39, 0.29) is 0 Å². The lowest BCUT2D eigenvalue weighted by atomic mass is 9.99. The molecule has 2 aromatic heterocycles. The van der Waals surface area contributed by atoms with Gasteiger partial charge in [0, 0.05) is 29.1 Å². The van der Waals surface area contributed by atoms with E-state index < -0.39 is 5.91 Å². The van der Waals surface area contributed by atoms with Crippen molar-refractivity contribution < 1.29 is 4.79 Å². The first kappa shape index (κ1) is 14.9. The molecule has 1 aliphatic heterocycles. The van der Waals surface area contributed by atoms with Crippen molar-refractivity contribution in [2.45, 2.75) is 38.6 Å². The summed E-state index contributed by atoms with van der Waals surface area (Å²) < 4.78 is 0. The Hall–Kier alpha value is -2.63. The zero-order valence-electron chi connectivity index (χ0n) is 13.7. The molecule has 24 heavy (non-hydrogen) atoms. The van der Waals surface area contributed by atoms with E-state index in [1.165, 1.54) is 19.3 Å². The first-order valence-electron chi connectivity index (χ1n) is 8.52. The van der Waals surface area contributed by atoms with Crippen LogP contribution in [0.4, 0.5) is 5.82 Å². The van der Waals surface area contributed by atoms with Crippen molar-refractivity contribution in [3.63, 3.8) is 0 Å². The number of nitrogens with one attached hydrogen (secondary N) is 1. The minimum Gasteiger partial charge on any atom is -0.366 e. The third kappa shape index (κ3) is 2.29. The second-order valence-corrected chi connectivity index (χ2v) is 6.42. The molecule has 0 spiro atoms. The first-order valence-corrected chi connectivity index (χ1v) is 8.52. The maximum absolute atomic E-state index is 11.6. The molecule has 1 saturated heterocycles. The van der Waals surface area contributed by atoms with E-state index in [1.807, 2.05) is 12.1 Å². The highest BCUT2D eigenvalue weighted by atomic mass is 16.1. The molecule has 0 radical (unpaired) electrons. The maximum atomic E-state index is 11.6. The Morgan fingerprint density at radius 2 is 2.25 bits per heavy atom. The van der Waals surface area contributed by atoms with Gasteiger partial charge in [-0.15, -0.1) is 0 Å². The second-order valence-electron chi connectivity index (χ2n) is 6.42. The largest absolute Gasteiger partial charge is 0.366 e. The van der Waals surface area contributed by atoms with Crippen LogP contribution in [-0.4, -0.2) is 33.4 Å². The van der Waals surface area contributed by atoms with E-state index in [2.05, 4.69) is 26.8 Å². The van der Waals surface area contributed by atoms with Crippen molar-refractivity contribution in [3.8, 4) is 0 Å². The van der Waals surface area contributed by atoms with Gasteiger partial charge in [-0.2, -0.15) is 0 Å². The number of piperidine rings is 1. The van der Waals surface area contributed by atoms with Crippen LogP contribution in [0, 0.1) is 0 Å². The van der Waals surface area contributed by atoms with Crippen LogP contribution in [0.25, 0.3) is 21.9 Å². The average molecular weight is 323 g/mol. The number of carbonyl (C=O) groups excluding carboxylic acids is 1. The van der Waals surface area contributed by atoms with Crippen LogP contribution in [0.2, 0.25) is 0 Å². The van der Waals surface area contributed by atoms with E-state index in [1.54, 1.807) is 12.4 Å². The third-order valence-corrected chi connectivity index (χ3v) is 5.02. The zero-order valence-corrected chi connectivity index (χ0v) is 13.7. The van der Waals surface area contributed by atoms with Crippen molar-refractivity contribution in [2.75, 3.05) is 11.4 Å². The van der Waals surface area contributed by atoms with Gasteiger partial charge in [0.25, 0.3) is 0 Å². The lowest BCUT2D eigenvalue weighted by Gasteiger charge is -2.36. The fraction of sp³-hybridized carbons (Fsp3) is 0.389. The number of rotatable bonds is 3. The van der Waals surface area contributed by atoms with Crippen molar-refractivity contribution in [3.05, 3.63) is 30.1 Å². The summed E-state index contributed by atoms with van der Waals surface area (Å²) in [5, 5.41) is 1.94. The fourth-order valence-electron chi connectivity index (χ4n) is 3.78. The van der Waals surface area contributed by atoms with Crippen molar-refractivity contribution in [2.24, 2.45) is 5.73 Å². The number of H-pyrrole nitrogens is 1. The van der Waals surface area contributed by atoms with Gasteiger partial charge in [-0.3, -0.25) is 4.79 Å². The Kier molecular flexibility index (Phi) is 3.59. The molecule has 6 heteroatoms. The average Bonchev–Trinajstić information content (AvgIpc) is 2.99. The summed E-state index contributed by atoms with van der Waals surface area (Å²) in [5.41, 5.74) is 7.70. The van der Waals surface area contributed by atoms with Gasteiger partial charge in [0.15, 0.2) is 0 Å². The van der Waals surface area contributed by atoms with Gasteiger partial charge in [-0.25, -0.2) is 9.97 Å². The quantitative estimate of drug-likeness (QED) is 0.775. The molecule has 0 bridgehead atoms. The molecule has 1 unspecified atom stereocenters. The molecule has 3 N–H and O–H groups in total. The van der Waals surface area contributed by atoms with E-state index in [9.17, 15) is 4.79 Å². The number of nitrogens with zero attached hydrogens (tertiary/aromatic N) is 3. The monoisotopic (exact) mass is 323 g/mol. The summed E-state index contributed by atoms with van der Waals surface area (Å²) in [7, 11) is 0. The molecule has 4 rings (SSSR count). The topological polar surface area (TPSA) is 87.9 Å². The predicted molar refractivity (Wildman–Crippen MR) is 95.2 cm³/mol. The number of aromatic nitrogens is 3.